The third-order valence-corrected chi connectivity index (χ3v) is 5.54. The molecule has 1 aliphatic carbocycles. The smallest absolute Gasteiger partial charge is 0.101 e. The summed E-state index contributed by atoms with van der Waals surface area (Å²) >= 11 is 0. The van der Waals surface area contributed by atoms with Gasteiger partial charge in [0.05, 0.1) is 36.4 Å². The van der Waals surface area contributed by atoms with Crippen molar-refractivity contribution in [1.82, 2.24) is 0 Å². The highest BCUT2D eigenvalue weighted by molar-refractivity contribution is 5.20. The van der Waals surface area contributed by atoms with Gasteiger partial charge in [-0.1, -0.05) is 11.6 Å². The van der Waals surface area contributed by atoms with Crippen molar-refractivity contribution in [3.05, 3.63) is 11.6 Å². The van der Waals surface area contributed by atoms with Crippen LogP contribution < -0.4 is 0 Å². The number of hydrogen-bond acceptors (Lipinski definition) is 4. The molecule has 3 rings (SSSR count). The van der Waals surface area contributed by atoms with Crippen molar-refractivity contribution >= 4 is 0 Å². The molecule has 0 radical (unpaired) electrons. The highest BCUT2D eigenvalue weighted by Crippen LogP contribution is 2.59. The lowest BCUT2D eigenvalue weighted by Gasteiger charge is -2.42. The number of methoxy groups -OCH3 is 2. The standard InChI is InChI=1S/C17H28O4/c1-11(2)6-7-13-16(3,21-13)15-14(19-5)12(18-4)8-9-17(15)10-20-17/h6,12-15H,7-10H2,1-5H3. The second-order valence-corrected chi connectivity index (χ2v) is 7.15. The van der Waals surface area contributed by atoms with E-state index in [9.17, 15) is 0 Å². The van der Waals surface area contributed by atoms with Gasteiger partial charge in [-0.15, -0.1) is 0 Å². The minimum atomic E-state index is -0.152. The van der Waals surface area contributed by atoms with Gasteiger partial charge < -0.3 is 18.9 Å². The summed E-state index contributed by atoms with van der Waals surface area (Å²) in [5.41, 5.74) is 1.15. The van der Waals surface area contributed by atoms with Gasteiger partial charge in [0, 0.05) is 14.2 Å². The van der Waals surface area contributed by atoms with Gasteiger partial charge in [0.2, 0.25) is 0 Å². The summed E-state index contributed by atoms with van der Waals surface area (Å²) in [5.74, 6) is 0.254. The maximum Gasteiger partial charge on any atom is 0.101 e. The first-order chi connectivity index (χ1) is 9.97. The molecular weight excluding hydrogens is 268 g/mol. The zero-order valence-corrected chi connectivity index (χ0v) is 13.8. The van der Waals surface area contributed by atoms with E-state index < -0.39 is 0 Å². The number of epoxide rings is 2. The molecule has 1 spiro atoms. The van der Waals surface area contributed by atoms with E-state index in [2.05, 4.69) is 26.8 Å². The molecule has 3 aliphatic rings. The average Bonchev–Trinajstić information content (AvgIpc) is 3.35. The number of ether oxygens (including phenoxy) is 4. The number of rotatable bonds is 5. The topological polar surface area (TPSA) is 43.5 Å². The van der Waals surface area contributed by atoms with Crippen LogP contribution in [0.5, 0.6) is 0 Å². The lowest BCUT2D eigenvalue weighted by Crippen LogP contribution is -2.55. The molecule has 0 aromatic heterocycles. The van der Waals surface area contributed by atoms with Gasteiger partial charge in [-0.3, -0.25) is 0 Å². The van der Waals surface area contributed by atoms with Crippen LogP contribution in [0.1, 0.15) is 40.0 Å². The average molecular weight is 296 g/mol. The first kappa shape index (κ1) is 15.5. The minimum Gasteiger partial charge on any atom is -0.379 e. The molecule has 0 amide bonds. The Morgan fingerprint density at radius 3 is 2.52 bits per heavy atom. The van der Waals surface area contributed by atoms with Crippen LogP contribution in [-0.4, -0.2) is 50.3 Å². The van der Waals surface area contributed by atoms with Crippen LogP contribution in [0, 0.1) is 5.92 Å². The molecule has 1 saturated carbocycles. The van der Waals surface area contributed by atoms with Crippen LogP contribution >= 0.6 is 0 Å². The van der Waals surface area contributed by atoms with Crippen molar-refractivity contribution in [3.63, 3.8) is 0 Å². The molecule has 2 saturated heterocycles. The Labute approximate surface area is 127 Å². The Kier molecular flexibility index (Phi) is 3.93. The normalized spacial score (nSPS) is 48.2. The van der Waals surface area contributed by atoms with Crippen molar-refractivity contribution in [2.24, 2.45) is 5.92 Å². The van der Waals surface area contributed by atoms with Crippen molar-refractivity contribution in [3.8, 4) is 0 Å². The number of allylic oxidation sites excluding steroid dienone is 1. The van der Waals surface area contributed by atoms with Gasteiger partial charge in [-0.05, 0) is 40.0 Å². The molecule has 3 fully saturated rings. The van der Waals surface area contributed by atoms with E-state index >= 15 is 0 Å². The van der Waals surface area contributed by atoms with Gasteiger partial charge >= 0.3 is 0 Å². The molecule has 0 aromatic carbocycles. The predicted molar refractivity (Wildman–Crippen MR) is 80.3 cm³/mol. The summed E-state index contributed by atoms with van der Waals surface area (Å²) in [6.07, 6.45) is 5.73. The van der Waals surface area contributed by atoms with E-state index in [4.69, 9.17) is 18.9 Å². The van der Waals surface area contributed by atoms with Crippen LogP contribution in [0.15, 0.2) is 11.6 Å². The fourth-order valence-electron chi connectivity index (χ4n) is 4.20. The van der Waals surface area contributed by atoms with Crippen molar-refractivity contribution in [2.75, 3.05) is 20.8 Å². The van der Waals surface area contributed by atoms with Gasteiger partial charge in [-0.2, -0.15) is 0 Å². The van der Waals surface area contributed by atoms with E-state index in [0.717, 1.165) is 25.9 Å². The summed E-state index contributed by atoms with van der Waals surface area (Å²) in [4.78, 5) is 0. The highest BCUT2D eigenvalue weighted by Gasteiger charge is 2.71. The summed E-state index contributed by atoms with van der Waals surface area (Å²) in [6.45, 7) is 7.31. The third kappa shape index (κ3) is 2.56. The molecule has 6 atom stereocenters. The van der Waals surface area contributed by atoms with Crippen molar-refractivity contribution in [2.45, 2.75) is 69.5 Å². The highest BCUT2D eigenvalue weighted by atomic mass is 16.6. The van der Waals surface area contributed by atoms with Crippen molar-refractivity contribution < 1.29 is 18.9 Å². The maximum absolute atomic E-state index is 6.13. The van der Waals surface area contributed by atoms with Crippen LogP contribution in [0.4, 0.5) is 0 Å². The molecule has 21 heavy (non-hydrogen) atoms. The van der Waals surface area contributed by atoms with Gasteiger partial charge in [0.15, 0.2) is 0 Å². The van der Waals surface area contributed by atoms with E-state index in [1.807, 2.05) is 0 Å². The summed E-state index contributed by atoms with van der Waals surface area (Å²) in [7, 11) is 3.55. The molecule has 4 heteroatoms. The van der Waals surface area contributed by atoms with Gasteiger partial charge in [-0.25, -0.2) is 0 Å². The first-order valence-corrected chi connectivity index (χ1v) is 7.97. The summed E-state index contributed by atoms with van der Waals surface area (Å²) in [5, 5.41) is 0. The van der Waals surface area contributed by atoms with Crippen LogP contribution in [0.2, 0.25) is 0 Å². The van der Waals surface area contributed by atoms with E-state index in [1.165, 1.54) is 5.57 Å². The fourth-order valence-corrected chi connectivity index (χ4v) is 4.20. The second kappa shape index (κ2) is 5.34. The van der Waals surface area contributed by atoms with E-state index in [0.29, 0.717) is 0 Å². The second-order valence-electron chi connectivity index (χ2n) is 7.15. The molecule has 2 aliphatic heterocycles. The Hall–Kier alpha value is -0.420. The Balaban J connectivity index is 1.79. The SMILES string of the molecule is COC1CCC2(CO2)C(C2(C)OC2CC=C(C)C)C1OC. The lowest BCUT2D eigenvalue weighted by molar-refractivity contribution is -0.128. The monoisotopic (exact) mass is 296 g/mol. The first-order valence-electron chi connectivity index (χ1n) is 7.97. The lowest BCUT2D eigenvalue weighted by atomic mass is 9.68. The summed E-state index contributed by atoms with van der Waals surface area (Å²) in [6, 6.07) is 0. The Morgan fingerprint density at radius 1 is 1.29 bits per heavy atom. The maximum atomic E-state index is 6.13. The molecule has 0 aromatic rings. The molecule has 0 bridgehead atoms. The van der Waals surface area contributed by atoms with E-state index in [1.54, 1.807) is 14.2 Å². The Bertz CT molecular complexity index is 425. The molecule has 4 nitrogen and oxygen atoms in total. The Morgan fingerprint density at radius 2 is 2.00 bits per heavy atom. The molecular formula is C17H28O4. The van der Waals surface area contributed by atoms with Crippen molar-refractivity contribution in [1.29, 1.82) is 0 Å². The van der Waals surface area contributed by atoms with Crippen LogP contribution in [0.3, 0.4) is 0 Å². The van der Waals surface area contributed by atoms with Gasteiger partial charge in [0.25, 0.3) is 0 Å². The van der Waals surface area contributed by atoms with Crippen LogP contribution in [-0.2, 0) is 18.9 Å². The van der Waals surface area contributed by atoms with E-state index in [-0.39, 0.29) is 35.4 Å². The molecule has 0 N–H and O–H groups in total. The predicted octanol–water partition coefficient (Wildman–Crippen LogP) is 2.71. The molecule has 6 unspecified atom stereocenters. The zero-order valence-electron chi connectivity index (χ0n) is 13.8. The quantitative estimate of drug-likeness (QED) is 0.578. The van der Waals surface area contributed by atoms with Gasteiger partial charge in [0.1, 0.15) is 5.60 Å². The minimum absolute atomic E-state index is 0.0375. The summed E-state index contributed by atoms with van der Waals surface area (Å²) < 4.78 is 23.5. The fraction of sp³-hybridized carbons (Fsp3) is 0.882. The zero-order chi connectivity index (χ0) is 15.3. The molecule has 2 heterocycles. The van der Waals surface area contributed by atoms with Crippen LogP contribution in [0.25, 0.3) is 0 Å². The molecule has 120 valence electrons. The number of hydrogen-bond donors (Lipinski definition) is 0. The largest absolute Gasteiger partial charge is 0.379 e. The third-order valence-electron chi connectivity index (χ3n) is 5.54.